The monoisotopic (exact) mass is 187 g/mol. The van der Waals surface area contributed by atoms with Gasteiger partial charge in [-0.2, -0.15) is 0 Å². The lowest BCUT2D eigenvalue weighted by Gasteiger charge is -2.12. The third kappa shape index (κ3) is 3.04. The molecule has 0 aliphatic heterocycles. The van der Waals surface area contributed by atoms with E-state index in [0.717, 1.165) is 24.2 Å². The molecule has 0 saturated heterocycles. The van der Waals surface area contributed by atoms with E-state index in [1.54, 1.807) is 12.4 Å². The number of aromatic nitrogens is 1. The smallest absolute Gasteiger partial charge is 0.139 e. The summed E-state index contributed by atoms with van der Waals surface area (Å²) in [7, 11) is 2.06. The quantitative estimate of drug-likeness (QED) is 0.668. The zero-order chi connectivity index (χ0) is 10.4. The Bertz CT molecular complexity index is 335. The van der Waals surface area contributed by atoms with Gasteiger partial charge in [0.1, 0.15) is 13.1 Å². The molecule has 1 rings (SSSR count). The number of pyridine rings is 1. The second kappa shape index (κ2) is 5.21. The van der Waals surface area contributed by atoms with Crippen molar-refractivity contribution in [3.05, 3.63) is 36.7 Å². The first kappa shape index (κ1) is 10.5. The van der Waals surface area contributed by atoms with Crippen molar-refractivity contribution in [3.63, 3.8) is 0 Å². The molecule has 0 bridgehead atoms. The zero-order valence-electron chi connectivity index (χ0n) is 8.46. The molecule has 1 aromatic rings. The van der Waals surface area contributed by atoms with Crippen LogP contribution < -0.4 is 4.90 Å². The van der Waals surface area contributed by atoms with E-state index in [4.69, 9.17) is 6.42 Å². The van der Waals surface area contributed by atoms with Gasteiger partial charge < -0.3 is 4.90 Å². The van der Waals surface area contributed by atoms with Crippen LogP contribution in [0, 0.1) is 12.3 Å². The molecule has 0 radical (unpaired) electrons. The van der Waals surface area contributed by atoms with Gasteiger partial charge in [0.15, 0.2) is 0 Å². The molecule has 14 heavy (non-hydrogen) atoms. The highest BCUT2D eigenvalue weighted by atomic mass is 15.1. The average Bonchev–Trinajstić information content (AvgIpc) is 2.19. The van der Waals surface area contributed by atoms with Gasteiger partial charge in [0.25, 0.3) is 0 Å². The van der Waals surface area contributed by atoms with E-state index in [9.17, 15) is 0 Å². The van der Waals surface area contributed by atoms with Crippen LogP contribution in [-0.4, -0.2) is 25.1 Å². The van der Waals surface area contributed by atoms with Gasteiger partial charge in [-0.15, -0.1) is 6.42 Å². The zero-order valence-corrected chi connectivity index (χ0v) is 8.46. The molecule has 1 N–H and O–H groups in total. The summed E-state index contributed by atoms with van der Waals surface area (Å²) in [5, 5.41) is 0. The van der Waals surface area contributed by atoms with Crippen molar-refractivity contribution < 1.29 is 4.90 Å². The SMILES string of the molecule is C#CC[NH+](C)CC(=C)c1ccncc1. The fourth-order valence-electron chi connectivity index (χ4n) is 1.29. The van der Waals surface area contributed by atoms with Crippen LogP contribution in [0.25, 0.3) is 5.57 Å². The van der Waals surface area contributed by atoms with Crippen LogP contribution in [0.3, 0.4) is 0 Å². The molecule has 0 saturated carbocycles. The second-order valence-corrected chi connectivity index (χ2v) is 3.35. The molecule has 0 amide bonds. The minimum atomic E-state index is 0.726. The predicted octanol–water partition coefficient (Wildman–Crippen LogP) is 0.243. The molecule has 0 aromatic carbocycles. The van der Waals surface area contributed by atoms with Crippen LogP contribution in [-0.2, 0) is 0 Å². The molecule has 1 heterocycles. The summed E-state index contributed by atoms with van der Waals surface area (Å²) in [6.07, 6.45) is 8.78. The molecule has 0 fully saturated rings. The van der Waals surface area contributed by atoms with Gasteiger partial charge in [-0.1, -0.05) is 6.58 Å². The summed E-state index contributed by atoms with van der Waals surface area (Å²) in [5.41, 5.74) is 2.23. The largest absolute Gasteiger partial charge is 0.324 e. The summed E-state index contributed by atoms with van der Waals surface area (Å²) >= 11 is 0. The van der Waals surface area contributed by atoms with Crippen molar-refractivity contribution in [2.24, 2.45) is 0 Å². The first-order valence-corrected chi connectivity index (χ1v) is 4.57. The molecule has 2 nitrogen and oxygen atoms in total. The summed E-state index contributed by atoms with van der Waals surface area (Å²) in [4.78, 5) is 5.24. The van der Waals surface area contributed by atoms with Crippen molar-refractivity contribution in [3.8, 4) is 12.3 Å². The molecule has 0 spiro atoms. The molecule has 0 aliphatic rings. The number of quaternary nitrogens is 1. The highest BCUT2D eigenvalue weighted by Crippen LogP contribution is 2.07. The lowest BCUT2D eigenvalue weighted by atomic mass is 10.1. The molecule has 2 heteroatoms. The Balaban J connectivity index is 2.56. The number of rotatable bonds is 4. The van der Waals surface area contributed by atoms with Gasteiger partial charge in [0.2, 0.25) is 0 Å². The van der Waals surface area contributed by atoms with Gasteiger partial charge in [-0.05, 0) is 23.6 Å². The summed E-state index contributed by atoms with van der Waals surface area (Å²) in [6.45, 7) is 5.63. The van der Waals surface area contributed by atoms with Crippen LogP contribution >= 0.6 is 0 Å². The van der Waals surface area contributed by atoms with E-state index in [1.807, 2.05) is 12.1 Å². The van der Waals surface area contributed by atoms with Crippen molar-refractivity contribution >= 4 is 5.57 Å². The normalized spacial score (nSPS) is 11.7. The molecule has 1 aromatic heterocycles. The average molecular weight is 187 g/mol. The number of nitrogens with one attached hydrogen (secondary N) is 1. The highest BCUT2D eigenvalue weighted by molar-refractivity contribution is 5.63. The van der Waals surface area contributed by atoms with Crippen molar-refractivity contribution in [2.75, 3.05) is 20.1 Å². The standard InChI is InChI=1S/C12H14N2/c1-4-9-14(3)10-11(2)12-5-7-13-8-6-12/h1,5-8H,2,9-10H2,3H3/p+1. The highest BCUT2D eigenvalue weighted by Gasteiger charge is 2.04. The molecule has 0 aliphatic carbocycles. The Morgan fingerprint density at radius 3 is 2.79 bits per heavy atom. The van der Waals surface area contributed by atoms with Gasteiger partial charge >= 0.3 is 0 Å². The van der Waals surface area contributed by atoms with Crippen molar-refractivity contribution in [1.82, 2.24) is 4.98 Å². The Morgan fingerprint density at radius 2 is 2.21 bits per heavy atom. The Kier molecular flexibility index (Phi) is 3.90. The van der Waals surface area contributed by atoms with Crippen LogP contribution in [0.4, 0.5) is 0 Å². The minimum Gasteiger partial charge on any atom is -0.324 e. The van der Waals surface area contributed by atoms with E-state index < -0.39 is 0 Å². The van der Waals surface area contributed by atoms with Crippen molar-refractivity contribution in [1.29, 1.82) is 0 Å². The lowest BCUT2D eigenvalue weighted by molar-refractivity contribution is -0.863. The maximum absolute atomic E-state index is 5.23. The minimum absolute atomic E-state index is 0.726. The van der Waals surface area contributed by atoms with E-state index >= 15 is 0 Å². The van der Waals surface area contributed by atoms with Crippen LogP contribution in [0.1, 0.15) is 5.56 Å². The Hall–Kier alpha value is -1.59. The van der Waals surface area contributed by atoms with E-state index in [2.05, 4.69) is 24.5 Å². The summed E-state index contributed by atoms with van der Waals surface area (Å²) < 4.78 is 0. The van der Waals surface area contributed by atoms with E-state index in [1.165, 1.54) is 4.90 Å². The summed E-state index contributed by atoms with van der Waals surface area (Å²) in [5.74, 6) is 2.63. The van der Waals surface area contributed by atoms with Gasteiger partial charge in [0, 0.05) is 18.0 Å². The first-order valence-electron chi connectivity index (χ1n) is 4.57. The number of likely N-dealkylation sites (N-methyl/N-ethyl adjacent to an activating group) is 1. The van der Waals surface area contributed by atoms with E-state index in [-0.39, 0.29) is 0 Å². The van der Waals surface area contributed by atoms with Gasteiger partial charge in [-0.25, -0.2) is 0 Å². The second-order valence-electron chi connectivity index (χ2n) is 3.35. The molecule has 1 atom stereocenters. The third-order valence-electron chi connectivity index (χ3n) is 2.01. The fourth-order valence-corrected chi connectivity index (χ4v) is 1.29. The lowest BCUT2D eigenvalue weighted by Crippen LogP contribution is -3.08. The molecular formula is C12H15N2+. The Labute approximate surface area is 85.3 Å². The number of hydrogen-bond acceptors (Lipinski definition) is 1. The number of nitrogens with zero attached hydrogens (tertiary/aromatic N) is 1. The summed E-state index contributed by atoms with van der Waals surface area (Å²) in [6, 6.07) is 3.93. The number of terminal acetylenes is 1. The van der Waals surface area contributed by atoms with Crippen LogP contribution in [0.5, 0.6) is 0 Å². The maximum Gasteiger partial charge on any atom is 0.139 e. The molecular weight excluding hydrogens is 172 g/mol. The van der Waals surface area contributed by atoms with Crippen LogP contribution in [0.2, 0.25) is 0 Å². The topological polar surface area (TPSA) is 17.3 Å². The number of hydrogen-bond donors (Lipinski definition) is 1. The maximum atomic E-state index is 5.23. The van der Waals surface area contributed by atoms with Crippen LogP contribution in [0.15, 0.2) is 31.1 Å². The first-order chi connectivity index (χ1) is 6.74. The molecule has 72 valence electrons. The molecule has 1 unspecified atom stereocenters. The van der Waals surface area contributed by atoms with E-state index in [0.29, 0.717) is 0 Å². The fraction of sp³-hybridized carbons (Fsp3) is 0.250. The predicted molar refractivity (Wildman–Crippen MR) is 58.7 cm³/mol. The Morgan fingerprint density at radius 1 is 1.57 bits per heavy atom. The van der Waals surface area contributed by atoms with Crippen molar-refractivity contribution in [2.45, 2.75) is 0 Å². The third-order valence-corrected chi connectivity index (χ3v) is 2.01. The van der Waals surface area contributed by atoms with Gasteiger partial charge in [0.05, 0.1) is 7.05 Å². The van der Waals surface area contributed by atoms with Gasteiger partial charge in [-0.3, -0.25) is 4.98 Å².